The van der Waals surface area contributed by atoms with Crippen LogP contribution in [-0.2, 0) is 6.54 Å². The molecule has 2 aromatic heterocycles. The van der Waals surface area contributed by atoms with Gasteiger partial charge in [-0.1, -0.05) is 6.07 Å². The van der Waals surface area contributed by atoms with E-state index in [9.17, 15) is 9.50 Å². The molecule has 3 heterocycles. The Morgan fingerprint density at radius 3 is 2.81 bits per heavy atom. The second-order valence-corrected chi connectivity index (χ2v) is 6.57. The average Bonchev–Trinajstić information content (AvgIpc) is 3.23. The van der Waals surface area contributed by atoms with Gasteiger partial charge in [-0.3, -0.25) is 4.98 Å². The van der Waals surface area contributed by atoms with Crippen molar-refractivity contribution in [2.24, 2.45) is 0 Å². The second-order valence-electron chi connectivity index (χ2n) is 6.57. The van der Waals surface area contributed by atoms with Gasteiger partial charge in [0.2, 0.25) is 0 Å². The van der Waals surface area contributed by atoms with Crippen molar-refractivity contribution in [2.75, 3.05) is 23.3 Å². The number of nitrogens with one attached hydrogen (secondary N) is 1. The number of benzene rings is 1. The second kappa shape index (κ2) is 7.71. The van der Waals surface area contributed by atoms with Crippen molar-refractivity contribution in [3.05, 3.63) is 60.4 Å². The van der Waals surface area contributed by atoms with Crippen LogP contribution in [0.2, 0.25) is 0 Å². The molecule has 3 aromatic rings. The number of halogens is 1. The molecule has 1 fully saturated rings. The van der Waals surface area contributed by atoms with Gasteiger partial charge in [-0.2, -0.15) is 5.10 Å². The van der Waals surface area contributed by atoms with Crippen LogP contribution in [0.15, 0.2) is 49.1 Å². The van der Waals surface area contributed by atoms with Gasteiger partial charge in [0.1, 0.15) is 11.6 Å². The Balaban J connectivity index is 1.42. The molecule has 1 aromatic carbocycles. The largest absolute Gasteiger partial charge is 0.393 e. The van der Waals surface area contributed by atoms with Gasteiger partial charge in [0.05, 0.1) is 24.2 Å². The molecule has 1 aliphatic heterocycles. The number of nitrogens with zero attached hydrogens (tertiary/aromatic N) is 5. The summed E-state index contributed by atoms with van der Waals surface area (Å²) in [7, 11) is 0. The predicted molar refractivity (Wildman–Crippen MR) is 100 cm³/mol. The summed E-state index contributed by atoms with van der Waals surface area (Å²) in [5.41, 5.74) is 1.41. The van der Waals surface area contributed by atoms with Gasteiger partial charge in [0, 0.05) is 32.0 Å². The highest BCUT2D eigenvalue weighted by atomic mass is 19.1. The molecule has 0 radical (unpaired) electrons. The summed E-state index contributed by atoms with van der Waals surface area (Å²) >= 11 is 0. The van der Waals surface area contributed by atoms with Gasteiger partial charge < -0.3 is 15.3 Å². The Hall–Kier alpha value is -3.00. The Labute approximate surface area is 156 Å². The van der Waals surface area contributed by atoms with Crippen molar-refractivity contribution in [3.8, 4) is 5.82 Å². The first-order chi connectivity index (χ1) is 13.2. The number of aliphatic hydroxyl groups is 1. The molecule has 0 aliphatic carbocycles. The minimum absolute atomic E-state index is 0.248. The van der Waals surface area contributed by atoms with Crippen LogP contribution >= 0.6 is 0 Å². The number of hydrogen-bond donors (Lipinski definition) is 2. The molecule has 2 N–H and O–H groups in total. The summed E-state index contributed by atoms with van der Waals surface area (Å²) in [6, 6.07) is 7.06. The fourth-order valence-electron chi connectivity index (χ4n) is 3.17. The Morgan fingerprint density at radius 1 is 1.22 bits per heavy atom. The zero-order valence-electron chi connectivity index (χ0n) is 14.8. The van der Waals surface area contributed by atoms with Crippen LogP contribution in [0.4, 0.5) is 15.9 Å². The van der Waals surface area contributed by atoms with Crippen LogP contribution < -0.4 is 10.2 Å². The smallest absolute Gasteiger partial charge is 0.173 e. The lowest BCUT2D eigenvalue weighted by Crippen LogP contribution is -2.36. The minimum atomic E-state index is -0.272. The highest BCUT2D eigenvalue weighted by Gasteiger charge is 2.19. The van der Waals surface area contributed by atoms with Crippen molar-refractivity contribution in [1.82, 2.24) is 19.7 Å². The minimum Gasteiger partial charge on any atom is -0.393 e. The molecule has 0 saturated carbocycles. The van der Waals surface area contributed by atoms with E-state index in [1.54, 1.807) is 35.5 Å². The molecule has 0 spiro atoms. The van der Waals surface area contributed by atoms with E-state index in [1.165, 1.54) is 6.07 Å². The molecule has 27 heavy (non-hydrogen) atoms. The third kappa shape index (κ3) is 4.06. The van der Waals surface area contributed by atoms with Gasteiger partial charge >= 0.3 is 0 Å². The number of aliphatic hydroxyl groups excluding tert-OH is 1. The van der Waals surface area contributed by atoms with E-state index < -0.39 is 0 Å². The van der Waals surface area contributed by atoms with Crippen LogP contribution in [-0.4, -0.2) is 44.0 Å². The van der Waals surface area contributed by atoms with Crippen molar-refractivity contribution in [1.29, 1.82) is 0 Å². The maximum absolute atomic E-state index is 14.5. The number of piperidine rings is 1. The highest BCUT2D eigenvalue weighted by molar-refractivity contribution is 5.50. The van der Waals surface area contributed by atoms with Crippen molar-refractivity contribution in [2.45, 2.75) is 25.5 Å². The first-order valence-electron chi connectivity index (χ1n) is 8.96. The molecule has 8 heteroatoms. The van der Waals surface area contributed by atoms with E-state index in [1.807, 2.05) is 17.0 Å². The summed E-state index contributed by atoms with van der Waals surface area (Å²) in [4.78, 5) is 10.6. The molecule has 4 rings (SSSR count). The molecule has 140 valence electrons. The number of aromatic nitrogens is 4. The Bertz CT molecular complexity index is 893. The zero-order chi connectivity index (χ0) is 18.6. The SMILES string of the molecule is OC1CCN(c2ccc(CNc3cncc(-n4cccn4)n3)cc2F)CC1. The lowest BCUT2D eigenvalue weighted by molar-refractivity contribution is 0.145. The standard InChI is InChI=1S/C19H21FN6O/c20-16-10-14(2-3-17(16)25-8-4-15(27)5-9-25)11-22-18-12-21-13-19(24-18)26-7-1-6-23-26/h1-3,6-7,10,12-13,15,27H,4-5,8-9,11H2,(H,22,24). The Morgan fingerprint density at radius 2 is 2.07 bits per heavy atom. The maximum Gasteiger partial charge on any atom is 0.173 e. The fraction of sp³-hybridized carbons (Fsp3) is 0.316. The third-order valence-corrected chi connectivity index (χ3v) is 4.65. The quantitative estimate of drug-likeness (QED) is 0.720. The summed E-state index contributed by atoms with van der Waals surface area (Å²) in [6.07, 6.45) is 7.80. The van der Waals surface area contributed by atoms with Crippen LogP contribution in [0.25, 0.3) is 5.82 Å². The summed E-state index contributed by atoms with van der Waals surface area (Å²) < 4.78 is 16.2. The van der Waals surface area contributed by atoms with Gasteiger partial charge in [0.25, 0.3) is 0 Å². The topological polar surface area (TPSA) is 79.1 Å². The highest BCUT2D eigenvalue weighted by Crippen LogP contribution is 2.24. The van der Waals surface area contributed by atoms with Gasteiger partial charge in [-0.15, -0.1) is 0 Å². The first kappa shape index (κ1) is 17.4. The lowest BCUT2D eigenvalue weighted by Gasteiger charge is -2.31. The molecule has 0 bridgehead atoms. The van der Waals surface area contributed by atoms with Crippen molar-refractivity contribution >= 4 is 11.5 Å². The van der Waals surface area contributed by atoms with E-state index in [2.05, 4.69) is 20.4 Å². The van der Waals surface area contributed by atoms with Gasteiger partial charge in [0.15, 0.2) is 5.82 Å². The third-order valence-electron chi connectivity index (χ3n) is 4.65. The number of hydrogen-bond acceptors (Lipinski definition) is 6. The zero-order valence-corrected chi connectivity index (χ0v) is 14.8. The lowest BCUT2D eigenvalue weighted by atomic mass is 10.1. The van der Waals surface area contributed by atoms with Crippen LogP contribution in [0, 0.1) is 5.82 Å². The average molecular weight is 368 g/mol. The molecule has 0 atom stereocenters. The molecular formula is C19H21FN6O. The van der Waals surface area contributed by atoms with E-state index in [0.717, 1.165) is 5.56 Å². The number of anilines is 2. The monoisotopic (exact) mass is 368 g/mol. The Kier molecular flexibility index (Phi) is 4.97. The summed E-state index contributed by atoms with van der Waals surface area (Å²) in [5, 5.41) is 16.9. The van der Waals surface area contributed by atoms with Gasteiger partial charge in [-0.25, -0.2) is 14.1 Å². The molecule has 0 amide bonds. The normalized spacial score (nSPS) is 15.1. The van der Waals surface area contributed by atoms with Crippen molar-refractivity contribution < 1.29 is 9.50 Å². The summed E-state index contributed by atoms with van der Waals surface area (Å²) in [6.45, 7) is 1.78. The van der Waals surface area contributed by atoms with Gasteiger partial charge in [-0.05, 0) is 36.6 Å². The number of rotatable bonds is 5. The van der Waals surface area contributed by atoms with Crippen LogP contribution in [0.3, 0.4) is 0 Å². The predicted octanol–water partition coefficient (Wildman–Crippen LogP) is 2.37. The maximum atomic E-state index is 14.5. The van der Waals surface area contributed by atoms with E-state index in [4.69, 9.17) is 0 Å². The fourth-order valence-corrected chi connectivity index (χ4v) is 3.17. The molecule has 7 nitrogen and oxygen atoms in total. The van der Waals surface area contributed by atoms with Crippen LogP contribution in [0.5, 0.6) is 0 Å². The van der Waals surface area contributed by atoms with Crippen molar-refractivity contribution in [3.63, 3.8) is 0 Å². The summed E-state index contributed by atoms with van der Waals surface area (Å²) in [5.74, 6) is 0.957. The van der Waals surface area contributed by atoms with E-state index in [0.29, 0.717) is 49.8 Å². The van der Waals surface area contributed by atoms with E-state index in [-0.39, 0.29) is 11.9 Å². The molecule has 0 unspecified atom stereocenters. The molecular weight excluding hydrogens is 347 g/mol. The molecule has 1 aliphatic rings. The first-order valence-corrected chi connectivity index (χ1v) is 8.96. The van der Waals surface area contributed by atoms with E-state index >= 15 is 0 Å². The van der Waals surface area contributed by atoms with Crippen LogP contribution in [0.1, 0.15) is 18.4 Å². The molecule has 1 saturated heterocycles.